The smallest absolute Gasteiger partial charge is 0.224 e. The van der Waals surface area contributed by atoms with Crippen molar-refractivity contribution in [3.63, 3.8) is 0 Å². The summed E-state index contributed by atoms with van der Waals surface area (Å²) >= 11 is 0. The normalized spacial score (nSPS) is 19.5. The molecule has 1 aliphatic rings. The standard InChI is InChI=1S/C18H25N3O/c1-18(2,3)20-17(22)16-5-4-10-21(13-16)12-15-8-6-14(11-19)7-9-15/h6-9,16H,4-5,10,12-13H2,1-3H3,(H,20,22). The highest BCUT2D eigenvalue weighted by Crippen LogP contribution is 2.20. The molecule has 0 spiro atoms. The fourth-order valence-electron chi connectivity index (χ4n) is 2.83. The predicted molar refractivity (Wildman–Crippen MR) is 87.1 cm³/mol. The minimum atomic E-state index is -0.174. The van der Waals surface area contributed by atoms with Crippen LogP contribution in [0.25, 0.3) is 0 Å². The van der Waals surface area contributed by atoms with Crippen molar-refractivity contribution >= 4 is 5.91 Å². The average Bonchev–Trinajstić information content (AvgIpc) is 2.46. The molecule has 1 saturated heterocycles. The summed E-state index contributed by atoms with van der Waals surface area (Å²) in [7, 11) is 0. The van der Waals surface area contributed by atoms with Gasteiger partial charge in [0.25, 0.3) is 0 Å². The lowest BCUT2D eigenvalue weighted by Crippen LogP contribution is -2.48. The van der Waals surface area contributed by atoms with Gasteiger partial charge in [-0.15, -0.1) is 0 Å². The molecular formula is C18H25N3O. The fraction of sp³-hybridized carbons (Fsp3) is 0.556. The number of amides is 1. The molecule has 4 nitrogen and oxygen atoms in total. The Hall–Kier alpha value is -1.86. The molecule has 1 atom stereocenters. The maximum absolute atomic E-state index is 12.3. The lowest BCUT2D eigenvalue weighted by molar-refractivity contribution is -0.128. The average molecular weight is 299 g/mol. The summed E-state index contributed by atoms with van der Waals surface area (Å²) in [4.78, 5) is 14.7. The van der Waals surface area contributed by atoms with Crippen LogP contribution in [-0.4, -0.2) is 29.4 Å². The molecule has 0 saturated carbocycles. The Morgan fingerprint density at radius 2 is 2.05 bits per heavy atom. The summed E-state index contributed by atoms with van der Waals surface area (Å²) in [5.41, 5.74) is 1.70. The molecule has 0 radical (unpaired) electrons. The molecule has 22 heavy (non-hydrogen) atoms. The third-order valence-electron chi connectivity index (χ3n) is 3.86. The lowest BCUT2D eigenvalue weighted by atomic mass is 9.95. The Labute approximate surface area is 133 Å². The van der Waals surface area contributed by atoms with Gasteiger partial charge in [-0.25, -0.2) is 0 Å². The van der Waals surface area contributed by atoms with E-state index < -0.39 is 0 Å². The zero-order chi connectivity index (χ0) is 16.2. The van der Waals surface area contributed by atoms with Crippen LogP contribution in [0.2, 0.25) is 0 Å². The Morgan fingerprint density at radius 3 is 2.64 bits per heavy atom. The van der Waals surface area contributed by atoms with Crippen molar-refractivity contribution in [2.75, 3.05) is 13.1 Å². The molecule has 1 heterocycles. The Bertz CT molecular complexity index is 551. The van der Waals surface area contributed by atoms with E-state index >= 15 is 0 Å². The summed E-state index contributed by atoms with van der Waals surface area (Å²) in [6, 6.07) is 9.83. The van der Waals surface area contributed by atoms with Crippen LogP contribution >= 0.6 is 0 Å². The molecule has 1 fully saturated rings. The zero-order valence-corrected chi connectivity index (χ0v) is 13.7. The molecule has 1 aromatic carbocycles. The Balaban J connectivity index is 1.92. The van der Waals surface area contributed by atoms with E-state index in [9.17, 15) is 4.79 Å². The van der Waals surface area contributed by atoms with Gasteiger partial charge in [0, 0.05) is 18.6 Å². The molecule has 1 unspecified atom stereocenters. The number of hydrogen-bond donors (Lipinski definition) is 1. The molecular weight excluding hydrogens is 274 g/mol. The van der Waals surface area contributed by atoms with Crippen molar-refractivity contribution in [2.45, 2.75) is 45.7 Å². The molecule has 1 amide bonds. The molecule has 2 rings (SSSR count). The first-order valence-corrected chi connectivity index (χ1v) is 7.91. The number of hydrogen-bond acceptors (Lipinski definition) is 3. The van der Waals surface area contributed by atoms with E-state index in [4.69, 9.17) is 5.26 Å². The molecule has 1 aromatic rings. The van der Waals surface area contributed by atoms with Crippen LogP contribution in [0.3, 0.4) is 0 Å². The van der Waals surface area contributed by atoms with E-state index in [1.54, 1.807) is 0 Å². The van der Waals surface area contributed by atoms with E-state index in [0.717, 1.165) is 32.5 Å². The van der Waals surface area contributed by atoms with Crippen molar-refractivity contribution in [1.82, 2.24) is 10.2 Å². The third-order valence-corrected chi connectivity index (χ3v) is 3.86. The minimum absolute atomic E-state index is 0.0753. The van der Waals surface area contributed by atoms with E-state index in [1.807, 2.05) is 45.0 Å². The van der Waals surface area contributed by atoms with Crippen LogP contribution in [0.15, 0.2) is 24.3 Å². The SMILES string of the molecule is CC(C)(C)NC(=O)C1CCCN(Cc2ccc(C#N)cc2)C1. The van der Waals surface area contributed by atoms with Crippen molar-refractivity contribution in [1.29, 1.82) is 5.26 Å². The number of nitriles is 1. The second-order valence-electron chi connectivity index (χ2n) is 7.12. The fourth-order valence-corrected chi connectivity index (χ4v) is 2.83. The highest BCUT2D eigenvalue weighted by atomic mass is 16.2. The number of carbonyl (C=O) groups excluding carboxylic acids is 1. The monoisotopic (exact) mass is 299 g/mol. The quantitative estimate of drug-likeness (QED) is 0.933. The highest BCUT2D eigenvalue weighted by molar-refractivity contribution is 5.79. The molecule has 1 N–H and O–H groups in total. The van der Waals surface area contributed by atoms with Crippen LogP contribution < -0.4 is 5.32 Å². The molecule has 0 aromatic heterocycles. The summed E-state index contributed by atoms with van der Waals surface area (Å²) in [5.74, 6) is 0.239. The molecule has 0 bridgehead atoms. The highest BCUT2D eigenvalue weighted by Gasteiger charge is 2.27. The second-order valence-corrected chi connectivity index (χ2v) is 7.12. The summed E-state index contributed by atoms with van der Waals surface area (Å²) in [6.07, 6.45) is 2.02. The van der Waals surface area contributed by atoms with E-state index in [2.05, 4.69) is 16.3 Å². The number of benzene rings is 1. The number of nitrogens with one attached hydrogen (secondary N) is 1. The summed E-state index contributed by atoms with van der Waals surface area (Å²) in [6.45, 7) is 8.72. The van der Waals surface area contributed by atoms with Gasteiger partial charge in [0.05, 0.1) is 17.6 Å². The van der Waals surface area contributed by atoms with Gasteiger partial charge in [-0.2, -0.15) is 5.26 Å². The van der Waals surface area contributed by atoms with Crippen molar-refractivity contribution < 1.29 is 4.79 Å². The maximum Gasteiger partial charge on any atom is 0.224 e. The maximum atomic E-state index is 12.3. The van der Waals surface area contributed by atoms with Crippen LogP contribution in [0.5, 0.6) is 0 Å². The van der Waals surface area contributed by atoms with Gasteiger partial charge in [0.15, 0.2) is 0 Å². The molecule has 0 aliphatic carbocycles. The molecule has 4 heteroatoms. The van der Waals surface area contributed by atoms with E-state index in [1.165, 1.54) is 5.56 Å². The Morgan fingerprint density at radius 1 is 1.36 bits per heavy atom. The van der Waals surface area contributed by atoms with Gasteiger partial charge in [0.2, 0.25) is 5.91 Å². The third kappa shape index (κ3) is 4.85. The topological polar surface area (TPSA) is 56.1 Å². The van der Waals surface area contributed by atoms with Gasteiger partial charge < -0.3 is 5.32 Å². The van der Waals surface area contributed by atoms with Gasteiger partial charge >= 0.3 is 0 Å². The Kier molecular flexibility index (Phi) is 5.20. The molecule has 1 aliphatic heterocycles. The molecule has 118 valence electrons. The number of piperidine rings is 1. The van der Waals surface area contributed by atoms with Crippen molar-refractivity contribution in [3.8, 4) is 6.07 Å². The largest absolute Gasteiger partial charge is 0.351 e. The van der Waals surface area contributed by atoms with Crippen LogP contribution in [0.1, 0.15) is 44.7 Å². The van der Waals surface area contributed by atoms with Crippen LogP contribution in [-0.2, 0) is 11.3 Å². The van der Waals surface area contributed by atoms with Crippen LogP contribution in [0.4, 0.5) is 0 Å². The number of rotatable bonds is 3. The zero-order valence-electron chi connectivity index (χ0n) is 13.7. The van der Waals surface area contributed by atoms with Gasteiger partial charge in [-0.1, -0.05) is 12.1 Å². The van der Waals surface area contributed by atoms with Crippen LogP contribution in [0, 0.1) is 17.2 Å². The summed E-state index contributed by atoms with van der Waals surface area (Å²) < 4.78 is 0. The van der Waals surface area contributed by atoms with Gasteiger partial charge in [-0.3, -0.25) is 9.69 Å². The number of nitrogens with zero attached hydrogens (tertiary/aromatic N) is 2. The first kappa shape index (κ1) is 16.5. The van der Waals surface area contributed by atoms with Gasteiger partial charge in [-0.05, 0) is 57.9 Å². The number of likely N-dealkylation sites (tertiary alicyclic amines) is 1. The predicted octanol–water partition coefficient (Wildman–Crippen LogP) is 2.68. The first-order valence-electron chi connectivity index (χ1n) is 7.91. The summed E-state index contributed by atoms with van der Waals surface area (Å²) in [5, 5.41) is 11.9. The van der Waals surface area contributed by atoms with Gasteiger partial charge in [0.1, 0.15) is 0 Å². The second kappa shape index (κ2) is 6.93. The minimum Gasteiger partial charge on any atom is -0.351 e. The van der Waals surface area contributed by atoms with E-state index in [-0.39, 0.29) is 17.4 Å². The first-order chi connectivity index (χ1) is 10.4. The number of carbonyl (C=O) groups is 1. The lowest BCUT2D eigenvalue weighted by Gasteiger charge is -2.33. The van der Waals surface area contributed by atoms with Crippen molar-refractivity contribution in [3.05, 3.63) is 35.4 Å². The van der Waals surface area contributed by atoms with E-state index in [0.29, 0.717) is 5.56 Å². The van der Waals surface area contributed by atoms with Crippen molar-refractivity contribution in [2.24, 2.45) is 5.92 Å².